The summed E-state index contributed by atoms with van der Waals surface area (Å²) in [7, 11) is 0. The van der Waals surface area contributed by atoms with E-state index in [0.717, 1.165) is 19.6 Å². The zero-order chi connectivity index (χ0) is 10.3. The average molecular weight is 208 g/mol. The predicted octanol–water partition coefficient (Wildman–Crippen LogP) is 0.568. The highest BCUT2D eigenvalue weighted by atomic mass is 15.3. The first-order chi connectivity index (χ1) is 7.45. The molecule has 15 heavy (non-hydrogen) atoms. The van der Waals surface area contributed by atoms with Gasteiger partial charge in [0.15, 0.2) is 0 Å². The summed E-state index contributed by atoms with van der Waals surface area (Å²) in [6.07, 6.45) is 6.38. The van der Waals surface area contributed by atoms with Crippen LogP contribution in [0.4, 0.5) is 0 Å². The maximum atomic E-state index is 4.19. The van der Waals surface area contributed by atoms with Gasteiger partial charge in [0.25, 0.3) is 0 Å². The third-order valence-electron chi connectivity index (χ3n) is 2.88. The number of hydrogen-bond acceptors (Lipinski definition) is 3. The lowest BCUT2D eigenvalue weighted by Gasteiger charge is -2.26. The van der Waals surface area contributed by atoms with E-state index in [2.05, 4.69) is 15.3 Å². The van der Waals surface area contributed by atoms with Gasteiger partial charge < -0.3 is 10.2 Å². The lowest BCUT2D eigenvalue weighted by Crippen LogP contribution is -2.43. The molecule has 4 nitrogen and oxygen atoms in total. The Bertz CT molecular complexity index is 252. The molecule has 0 aromatic carbocycles. The van der Waals surface area contributed by atoms with Crippen molar-refractivity contribution in [2.45, 2.75) is 19.4 Å². The molecular weight excluding hydrogens is 188 g/mol. The van der Waals surface area contributed by atoms with Crippen LogP contribution in [-0.4, -0.2) is 47.4 Å². The summed E-state index contributed by atoms with van der Waals surface area (Å²) >= 11 is 0. The van der Waals surface area contributed by atoms with E-state index in [-0.39, 0.29) is 0 Å². The monoisotopic (exact) mass is 208 g/mol. The SMILES string of the molecule is c1cnn(CCCCN2CCNCC2)c1. The summed E-state index contributed by atoms with van der Waals surface area (Å²) in [6, 6.07) is 1.98. The molecule has 0 saturated carbocycles. The van der Waals surface area contributed by atoms with Crippen molar-refractivity contribution in [1.82, 2.24) is 20.0 Å². The van der Waals surface area contributed by atoms with E-state index < -0.39 is 0 Å². The normalized spacial score (nSPS) is 18.1. The van der Waals surface area contributed by atoms with Crippen LogP contribution in [0.15, 0.2) is 18.5 Å². The second-order valence-corrected chi connectivity index (χ2v) is 4.07. The molecule has 0 bridgehead atoms. The molecule has 2 rings (SSSR count). The van der Waals surface area contributed by atoms with E-state index in [1.54, 1.807) is 0 Å². The second kappa shape index (κ2) is 5.88. The minimum absolute atomic E-state index is 1.05. The molecule has 0 radical (unpaired) electrons. The molecule has 2 heterocycles. The fourth-order valence-corrected chi connectivity index (χ4v) is 1.98. The van der Waals surface area contributed by atoms with Crippen LogP contribution in [0.3, 0.4) is 0 Å². The van der Waals surface area contributed by atoms with E-state index in [9.17, 15) is 0 Å². The van der Waals surface area contributed by atoms with Crippen LogP contribution in [0.5, 0.6) is 0 Å². The highest BCUT2D eigenvalue weighted by Gasteiger charge is 2.07. The number of nitrogens with zero attached hydrogens (tertiary/aromatic N) is 3. The molecule has 0 amide bonds. The molecule has 0 atom stereocenters. The lowest BCUT2D eigenvalue weighted by atomic mass is 10.2. The highest BCUT2D eigenvalue weighted by molar-refractivity contribution is 4.77. The Kier molecular flexibility index (Phi) is 4.17. The van der Waals surface area contributed by atoms with Gasteiger partial charge in [-0.1, -0.05) is 0 Å². The van der Waals surface area contributed by atoms with Gasteiger partial charge in [0, 0.05) is 45.1 Å². The number of hydrogen-bond donors (Lipinski definition) is 1. The average Bonchev–Trinajstić information content (AvgIpc) is 2.79. The van der Waals surface area contributed by atoms with Crippen molar-refractivity contribution in [2.24, 2.45) is 0 Å². The van der Waals surface area contributed by atoms with Crippen LogP contribution >= 0.6 is 0 Å². The minimum Gasteiger partial charge on any atom is -0.314 e. The van der Waals surface area contributed by atoms with Crippen LogP contribution < -0.4 is 5.32 Å². The highest BCUT2D eigenvalue weighted by Crippen LogP contribution is 1.99. The molecule has 1 N–H and O–H groups in total. The fourth-order valence-electron chi connectivity index (χ4n) is 1.98. The number of aryl methyl sites for hydroxylation is 1. The first kappa shape index (κ1) is 10.6. The van der Waals surface area contributed by atoms with E-state index in [0.29, 0.717) is 0 Å². The molecule has 1 aromatic rings. The molecule has 1 aliphatic heterocycles. The molecule has 0 unspecified atom stereocenters. The summed E-state index contributed by atoms with van der Waals surface area (Å²) in [5.74, 6) is 0. The number of aromatic nitrogens is 2. The van der Waals surface area contributed by atoms with Crippen molar-refractivity contribution in [3.05, 3.63) is 18.5 Å². The van der Waals surface area contributed by atoms with Crippen LogP contribution in [0, 0.1) is 0 Å². The molecule has 0 spiro atoms. The third-order valence-corrected chi connectivity index (χ3v) is 2.88. The predicted molar refractivity (Wildman–Crippen MR) is 60.8 cm³/mol. The van der Waals surface area contributed by atoms with Crippen LogP contribution in [0.2, 0.25) is 0 Å². The zero-order valence-electron chi connectivity index (χ0n) is 9.23. The Morgan fingerprint density at radius 1 is 1.13 bits per heavy atom. The van der Waals surface area contributed by atoms with Crippen molar-refractivity contribution >= 4 is 0 Å². The first-order valence-corrected chi connectivity index (χ1v) is 5.86. The van der Waals surface area contributed by atoms with Gasteiger partial charge in [0.05, 0.1) is 0 Å². The van der Waals surface area contributed by atoms with Gasteiger partial charge in [0.1, 0.15) is 0 Å². The van der Waals surface area contributed by atoms with Crippen molar-refractivity contribution < 1.29 is 0 Å². The quantitative estimate of drug-likeness (QED) is 0.718. The maximum Gasteiger partial charge on any atom is 0.0489 e. The van der Waals surface area contributed by atoms with Crippen molar-refractivity contribution in [3.63, 3.8) is 0 Å². The van der Waals surface area contributed by atoms with Crippen LogP contribution in [-0.2, 0) is 6.54 Å². The molecule has 0 aliphatic carbocycles. The van der Waals surface area contributed by atoms with Gasteiger partial charge in [-0.15, -0.1) is 0 Å². The molecular formula is C11H20N4. The summed E-state index contributed by atoms with van der Waals surface area (Å²) in [4.78, 5) is 2.54. The first-order valence-electron chi connectivity index (χ1n) is 5.86. The number of rotatable bonds is 5. The number of piperazine rings is 1. The Hall–Kier alpha value is -0.870. The van der Waals surface area contributed by atoms with Crippen LogP contribution in [0.1, 0.15) is 12.8 Å². The number of nitrogens with one attached hydrogen (secondary N) is 1. The van der Waals surface area contributed by atoms with Gasteiger partial charge >= 0.3 is 0 Å². The van der Waals surface area contributed by atoms with Gasteiger partial charge in [-0.2, -0.15) is 5.10 Å². The number of unbranched alkanes of at least 4 members (excludes halogenated alkanes) is 1. The molecule has 4 heteroatoms. The Morgan fingerprint density at radius 2 is 1.93 bits per heavy atom. The Labute approximate surface area is 91.3 Å². The van der Waals surface area contributed by atoms with Crippen LogP contribution in [0.25, 0.3) is 0 Å². The molecule has 84 valence electrons. The smallest absolute Gasteiger partial charge is 0.0489 e. The topological polar surface area (TPSA) is 33.1 Å². The van der Waals surface area contributed by atoms with Gasteiger partial charge in [-0.25, -0.2) is 0 Å². The fraction of sp³-hybridized carbons (Fsp3) is 0.727. The minimum atomic E-state index is 1.05. The summed E-state index contributed by atoms with van der Waals surface area (Å²) in [5, 5.41) is 7.57. The molecule has 1 saturated heterocycles. The summed E-state index contributed by atoms with van der Waals surface area (Å²) < 4.78 is 2.01. The Balaban J connectivity index is 1.54. The summed E-state index contributed by atoms with van der Waals surface area (Å²) in [6.45, 7) is 7.02. The second-order valence-electron chi connectivity index (χ2n) is 4.07. The largest absolute Gasteiger partial charge is 0.314 e. The van der Waals surface area contributed by atoms with Gasteiger partial charge in [-0.3, -0.25) is 4.68 Å². The molecule has 1 fully saturated rings. The standard InChI is InChI=1S/C11H20N4/c1(2-8-15-9-3-4-13-15)7-14-10-5-12-6-11-14/h3-4,9,12H,1-2,5-8,10-11H2. The van der Waals surface area contributed by atoms with Gasteiger partial charge in [0.2, 0.25) is 0 Å². The van der Waals surface area contributed by atoms with E-state index in [1.165, 1.54) is 32.5 Å². The van der Waals surface area contributed by atoms with Crippen molar-refractivity contribution in [1.29, 1.82) is 0 Å². The lowest BCUT2D eigenvalue weighted by molar-refractivity contribution is 0.235. The van der Waals surface area contributed by atoms with Crippen molar-refractivity contribution in [3.8, 4) is 0 Å². The van der Waals surface area contributed by atoms with E-state index >= 15 is 0 Å². The maximum absolute atomic E-state index is 4.19. The van der Waals surface area contributed by atoms with Gasteiger partial charge in [-0.05, 0) is 25.5 Å². The summed E-state index contributed by atoms with van der Waals surface area (Å²) in [5.41, 5.74) is 0. The third kappa shape index (κ3) is 3.64. The van der Waals surface area contributed by atoms with E-state index in [4.69, 9.17) is 0 Å². The van der Waals surface area contributed by atoms with E-state index in [1.807, 2.05) is 23.1 Å². The molecule has 1 aromatic heterocycles. The van der Waals surface area contributed by atoms with Crippen molar-refractivity contribution in [2.75, 3.05) is 32.7 Å². The Morgan fingerprint density at radius 3 is 2.67 bits per heavy atom. The molecule has 1 aliphatic rings. The zero-order valence-corrected chi connectivity index (χ0v) is 9.23.